The molecule has 0 radical (unpaired) electrons. The fourth-order valence-corrected chi connectivity index (χ4v) is 2.79. The van der Waals surface area contributed by atoms with Gasteiger partial charge in [-0.2, -0.15) is 0 Å². The van der Waals surface area contributed by atoms with E-state index < -0.39 is 0 Å². The summed E-state index contributed by atoms with van der Waals surface area (Å²) in [6.45, 7) is 3.14. The lowest BCUT2D eigenvalue weighted by molar-refractivity contribution is -0.147. The Kier molecular flexibility index (Phi) is 4.42. The molecule has 1 saturated heterocycles. The lowest BCUT2D eigenvalue weighted by atomic mass is 9.90. The topological polar surface area (TPSA) is 35.5 Å². The van der Waals surface area contributed by atoms with Crippen molar-refractivity contribution in [3.05, 3.63) is 65.2 Å². The number of hydrogen-bond donors (Lipinski definition) is 0. The van der Waals surface area contributed by atoms with Gasteiger partial charge in [0.1, 0.15) is 12.4 Å². The van der Waals surface area contributed by atoms with E-state index in [1.807, 2.05) is 31.2 Å². The number of aryl methyl sites for hydroxylation is 1. The Bertz CT molecular complexity index is 649. The van der Waals surface area contributed by atoms with E-state index in [0.717, 1.165) is 23.3 Å². The summed E-state index contributed by atoms with van der Waals surface area (Å²) in [5, 5.41) is 0. The Hall–Kier alpha value is -2.29. The molecule has 0 amide bonds. The Labute approximate surface area is 130 Å². The maximum atomic E-state index is 11.4. The van der Waals surface area contributed by atoms with Crippen LogP contribution in [0.5, 0.6) is 5.75 Å². The molecule has 2 aromatic rings. The van der Waals surface area contributed by atoms with Crippen molar-refractivity contribution in [3.8, 4) is 5.75 Å². The number of cyclic esters (lactones) is 1. The minimum absolute atomic E-state index is 0.0988. The highest BCUT2D eigenvalue weighted by Gasteiger charge is 2.22. The van der Waals surface area contributed by atoms with E-state index in [2.05, 4.69) is 24.3 Å². The molecule has 0 spiro atoms. The highest BCUT2D eigenvalue weighted by molar-refractivity contribution is 5.71. The van der Waals surface area contributed by atoms with Crippen LogP contribution in [0.25, 0.3) is 0 Å². The van der Waals surface area contributed by atoms with Gasteiger partial charge in [0, 0.05) is 0 Å². The van der Waals surface area contributed by atoms with Gasteiger partial charge in [0.25, 0.3) is 0 Å². The van der Waals surface area contributed by atoms with E-state index in [0.29, 0.717) is 19.6 Å². The third-order valence-corrected chi connectivity index (χ3v) is 4.05. The Morgan fingerprint density at radius 3 is 2.73 bits per heavy atom. The molecule has 2 aromatic carbocycles. The summed E-state index contributed by atoms with van der Waals surface area (Å²) in [5.41, 5.74) is 3.45. The van der Waals surface area contributed by atoms with Crippen LogP contribution in [0.4, 0.5) is 0 Å². The zero-order valence-electron chi connectivity index (χ0n) is 12.7. The van der Waals surface area contributed by atoms with Crippen LogP contribution >= 0.6 is 0 Å². The van der Waals surface area contributed by atoms with E-state index in [9.17, 15) is 4.79 Å². The number of rotatable bonds is 4. The maximum absolute atomic E-state index is 11.4. The Morgan fingerprint density at radius 2 is 2.00 bits per heavy atom. The van der Waals surface area contributed by atoms with Gasteiger partial charge >= 0.3 is 5.97 Å². The van der Waals surface area contributed by atoms with Crippen LogP contribution in [0, 0.1) is 6.92 Å². The summed E-state index contributed by atoms with van der Waals surface area (Å²) in [6, 6.07) is 16.3. The second-order valence-corrected chi connectivity index (χ2v) is 5.71. The molecule has 114 valence electrons. The van der Waals surface area contributed by atoms with Gasteiger partial charge in [0.15, 0.2) is 0 Å². The second-order valence-electron chi connectivity index (χ2n) is 5.71. The zero-order valence-corrected chi connectivity index (χ0v) is 12.7. The molecule has 1 aliphatic rings. The SMILES string of the molecule is Cc1cc(C2CCOC(=O)C2)ccc1OCc1ccccc1. The van der Waals surface area contributed by atoms with Crippen molar-refractivity contribution in [3.63, 3.8) is 0 Å². The van der Waals surface area contributed by atoms with Gasteiger partial charge in [-0.05, 0) is 42.0 Å². The van der Waals surface area contributed by atoms with E-state index in [1.165, 1.54) is 5.56 Å². The summed E-state index contributed by atoms with van der Waals surface area (Å²) < 4.78 is 10.9. The maximum Gasteiger partial charge on any atom is 0.306 e. The molecule has 0 saturated carbocycles. The molecule has 0 aromatic heterocycles. The number of hydrogen-bond acceptors (Lipinski definition) is 3. The number of carbonyl (C=O) groups is 1. The van der Waals surface area contributed by atoms with Gasteiger partial charge in [0.2, 0.25) is 0 Å². The Morgan fingerprint density at radius 1 is 1.18 bits per heavy atom. The smallest absolute Gasteiger partial charge is 0.306 e. The first kappa shape index (κ1) is 14.6. The fourth-order valence-electron chi connectivity index (χ4n) is 2.79. The molecule has 22 heavy (non-hydrogen) atoms. The lowest BCUT2D eigenvalue weighted by Gasteiger charge is -2.22. The molecule has 3 rings (SSSR count). The summed E-state index contributed by atoms with van der Waals surface area (Å²) in [7, 11) is 0. The van der Waals surface area contributed by atoms with Gasteiger partial charge in [-0.15, -0.1) is 0 Å². The van der Waals surface area contributed by atoms with Crippen LogP contribution in [-0.4, -0.2) is 12.6 Å². The minimum atomic E-state index is -0.0988. The molecule has 0 aliphatic carbocycles. The minimum Gasteiger partial charge on any atom is -0.489 e. The monoisotopic (exact) mass is 296 g/mol. The van der Waals surface area contributed by atoms with Gasteiger partial charge in [-0.25, -0.2) is 0 Å². The van der Waals surface area contributed by atoms with Crippen molar-refractivity contribution < 1.29 is 14.3 Å². The highest BCUT2D eigenvalue weighted by atomic mass is 16.5. The predicted octanol–water partition coefficient (Wildman–Crippen LogP) is 3.99. The van der Waals surface area contributed by atoms with Gasteiger partial charge < -0.3 is 9.47 Å². The van der Waals surface area contributed by atoms with Crippen molar-refractivity contribution in [2.75, 3.05) is 6.61 Å². The molecule has 1 unspecified atom stereocenters. The zero-order chi connectivity index (χ0) is 15.4. The molecule has 0 bridgehead atoms. The van der Waals surface area contributed by atoms with Gasteiger partial charge in [0.05, 0.1) is 13.0 Å². The first-order valence-corrected chi connectivity index (χ1v) is 7.65. The molecule has 3 heteroatoms. The summed E-state index contributed by atoms with van der Waals surface area (Å²) in [4.78, 5) is 11.4. The molecular formula is C19H20O3. The van der Waals surface area contributed by atoms with Crippen LogP contribution in [0.3, 0.4) is 0 Å². The molecule has 1 atom stereocenters. The number of ether oxygens (including phenoxy) is 2. The number of esters is 1. The first-order chi connectivity index (χ1) is 10.7. The third kappa shape index (κ3) is 3.48. The van der Waals surface area contributed by atoms with Crippen LogP contribution in [0.1, 0.15) is 35.4 Å². The largest absolute Gasteiger partial charge is 0.489 e. The van der Waals surface area contributed by atoms with Crippen LogP contribution in [-0.2, 0) is 16.1 Å². The summed E-state index contributed by atoms with van der Waals surface area (Å²) in [6.07, 6.45) is 1.37. The van der Waals surface area contributed by atoms with Crippen LogP contribution in [0.2, 0.25) is 0 Å². The quantitative estimate of drug-likeness (QED) is 0.800. The van der Waals surface area contributed by atoms with E-state index in [1.54, 1.807) is 0 Å². The number of benzene rings is 2. The third-order valence-electron chi connectivity index (χ3n) is 4.05. The molecule has 3 nitrogen and oxygen atoms in total. The first-order valence-electron chi connectivity index (χ1n) is 7.65. The van der Waals surface area contributed by atoms with Crippen molar-refractivity contribution >= 4 is 5.97 Å². The van der Waals surface area contributed by atoms with Crippen molar-refractivity contribution in [2.45, 2.75) is 32.3 Å². The van der Waals surface area contributed by atoms with E-state index >= 15 is 0 Å². The average molecular weight is 296 g/mol. The fraction of sp³-hybridized carbons (Fsp3) is 0.316. The summed E-state index contributed by atoms with van der Waals surface area (Å²) >= 11 is 0. The summed E-state index contributed by atoms with van der Waals surface area (Å²) in [5.74, 6) is 1.06. The normalized spacial score (nSPS) is 17.9. The van der Waals surface area contributed by atoms with Crippen molar-refractivity contribution in [2.24, 2.45) is 0 Å². The standard InChI is InChI=1S/C19H20O3/c1-14-11-16(17-9-10-21-19(20)12-17)7-8-18(14)22-13-15-5-3-2-4-6-15/h2-8,11,17H,9-10,12-13H2,1H3. The van der Waals surface area contributed by atoms with Crippen molar-refractivity contribution in [1.82, 2.24) is 0 Å². The average Bonchev–Trinajstić information content (AvgIpc) is 2.54. The van der Waals surface area contributed by atoms with Crippen LogP contribution < -0.4 is 4.74 Å². The van der Waals surface area contributed by atoms with Gasteiger partial charge in [-0.3, -0.25) is 4.79 Å². The van der Waals surface area contributed by atoms with E-state index in [4.69, 9.17) is 9.47 Å². The van der Waals surface area contributed by atoms with Gasteiger partial charge in [-0.1, -0.05) is 42.5 Å². The Balaban J connectivity index is 1.68. The molecule has 1 heterocycles. The van der Waals surface area contributed by atoms with E-state index in [-0.39, 0.29) is 11.9 Å². The molecule has 1 aliphatic heterocycles. The van der Waals surface area contributed by atoms with Crippen LogP contribution in [0.15, 0.2) is 48.5 Å². The highest BCUT2D eigenvalue weighted by Crippen LogP contribution is 2.31. The molecule has 0 N–H and O–H groups in total. The molecule has 1 fully saturated rings. The van der Waals surface area contributed by atoms with Crippen molar-refractivity contribution in [1.29, 1.82) is 0 Å². The predicted molar refractivity (Wildman–Crippen MR) is 84.9 cm³/mol. The second kappa shape index (κ2) is 6.65. The lowest BCUT2D eigenvalue weighted by Crippen LogP contribution is -2.19. The number of carbonyl (C=O) groups excluding carboxylic acids is 1. The molecular weight excluding hydrogens is 276 g/mol.